The fraction of sp³-hybridized carbons (Fsp3) is 0.417. The maximum atomic E-state index is 12.5. The van der Waals surface area contributed by atoms with E-state index in [2.05, 4.69) is 0 Å². The summed E-state index contributed by atoms with van der Waals surface area (Å²) >= 11 is 0. The Kier molecular flexibility index (Phi) is 4.09. The fourth-order valence-corrected chi connectivity index (χ4v) is 4.71. The van der Waals surface area contributed by atoms with Crippen molar-refractivity contribution in [2.45, 2.75) is 28.7 Å². The van der Waals surface area contributed by atoms with Gasteiger partial charge in [-0.2, -0.15) is 4.31 Å². The molecule has 1 saturated heterocycles. The summed E-state index contributed by atoms with van der Waals surface area (Å²) in [6, 6.07) is 3.85. The van der Waals surface area contributed by atoms with Gasteiger partial charge in [-0.15, -0.1) is 0 Å². The smallest absolute Gasteiger partial charge is 0.322 e. The zero-order valence-corrected chi connectivity index (χ0v) is 12.9. The topological polar surface area (TPSA) is 109 Å². The van der Waals surface area contributed by atoms with E-state index < -0.39 is 31.9 Å². The van der Waals surface area contributed by atoms with Crippen molar-refractivity contribution >= 4 is 25.8 Å². The largest absolute Gasteiger partial charge is 0.480 e. The Morgan fingerprint density at radius 2 is 1.86 bits per heavy atom. The van der Waals surface area contributed by atoms with Crippen LogP contribution in [0.15, 0.2) is 34.1 Å². The Morgan fingerprint density at radius 1 is 1.24 bits per heavy atom. The molecule has 1 N–H and O–H groups in total. The van der Waals surface area contributed by atoms with Gasteiger partial charge in [0.15, 0.2) is 9.84 Å². The van der Waals surface area contributed by atoms with E-state index in [0.29, 0.717) is 6.42 Å². The van der Waals surface area contributed by atoms with Gasteiger partial charge in [-0.25, -0.2) is 16.8 Å². The number of carboxylic acids is 1. The third kappa shape index (κ3) is 3.09. The van der Waals surface area contributed by atoms with Crippen LogP contribution in [0.1, 0.15) is 12.8 Å². The summed E-state index contributed by atoms with van der Waals surface area (Å²) in [4.78, 5) is 10.8. The molecule has 1 aliphatic rings. The number of carbonyl (C=O) groups is 1. The van der Waals surface area contributed by atoms with Crippen molar-refractivity contribution in [1.82, 2.24) is 4.31 Å². The first-order valence-corrected chi connectivity index (χ1v) is 9.52. The summed E-state index contributed by atoms with van der Waals surface area (Å²) < 4.78 is 48.9. The van der Waals surface area contributed by atoms with E-state index in [9.17, 15) is 21.6 Å². The van der Waals surface area contributed by atoms with Crippen LogP contribution in [0.5, 0.6) is 0 Å². The molecule has 0 radical (unpaired) electrons. The average Bonchev–Trinajstić information content (AvgIpc) is 2.88. The van der Waals surface area contributed by atoms with Crippen molar-refractivity contribution in [1.29, 1.82) is 0 Å². The van der Waals surface area contributed by atoms with Gasteiger partial charge in [0.05, 0.1) is 9.79 Å². The molecule has 2 rings (SSSR count). The molecule has 0 saturated carbocycles. The summed E-state index contributed by atoms with van der Waals surface area (Å²) in [6.07, 6.45) is 1.69. The highest BCUT2D eigenvalue weighted by molar-refractivity contribution is 7.91. The fourth-order valence-electron chi connectivity index (χ4n) is 2.28. The van der Waals surface area contributed by atoms with E-state index in [1.807, 2.05) is 0 Å². The number of sulfone groups is 1. The quantitative estimate of drug-likeness (QED) is 0.850. The molecule has 1 atom stereocenters. The van der Waals surface area contributed by atoms with E-state index >= 15 is 0 Å². The molecule has 1 heterocycles. The van der Waals surface area contributed by atoms with Gasteiger partial charge in [-0.05, 0) is 31.0 Å². The van der Waals surface area contributed by atoms with Crippen LogP contribution >= 0.6 is 0 Å². The standard InChI is InChI=1S/C12H15NO6S2/c1-20(16,17)9-4-2-5-10(8-9)21(18,19)13-7-3-6-11(13)12(14)15/h2,4-5,8,11H,3,6-7H2,1H3,(H,14,15)/t11-/m0/s1. The number of rotatable bonds is 4. The van der Waals surface area contributed by atoms with Gasteiger partial charge in [0.25, 0.3) is 0 Å². The lowest BCUT2D eigenvalue weighted by Gasteiger charge is -2.21. The van der Waals surface area contributed by atoms with Crippen LogP contribution in [-0.4, -0.2) is 51.1 Å². The second-order valence-corrected chi connectivity index (χ2v) is 8.77. The van der Waals surface area contributed by atoms with Crippen LogP contribution in [0.25, 0.3) is 0 Å². The average molecular weight is 333 g/mol. The van der Waals surface area contributed by atoms with E-state index in [1.54, 1.807) is 0 Å². The molecule has 1 aliphatic heterocycles. The highest BCUT2D eigenvalue weighted by Gasteiger charge is 2.39. The molecule has 1 aromatic rings. The van der Waals surface area contributed by atoms with E-state index in [-0.39, 0.29) is 22.8 Å². The van der Waals surface area contributed by atoms with Gasteiger partial charge in [-0.3, -0.25) is 4.79 Å². The normalized spacial score (nSPS) is 20.5. The summed E-state index contributed by atoms with van der Waals surface area (Å²) in [5.41, 5.74) is 0. The molecular weight excluding hydrogens is 318 g/mol. The molecule has 0 unspecified atom stereocenters. The minimum Gasteiger partial charge on any atom is -0.480 e. The first-order valence-electron chi connectivity index (χ1n) is 6.19. The van der Waals surface area contributed by atoms with Crippen LogP contribution in [0.2, 0.25) is 0 Å². The highest BCUT2D eigenvalue weighted by Crippen LogP contribution is 2.27. The number of sulfonamides is 1. The molecule has 0 amide bonds. The van der Waals surface area contributed by atoms with Gasteiger partial charge >= 0.3 is 5.97 Å². The van der Waals surface area contributed by atoms with Crippen molar-refractivity contribution in [2.75, 3.05) is 12.8 Å². The highest BCUT2D eigenvalue weighted by atomic mass is 32.2. The Labute approximate surface area is 123 Å². The molecular formula is C12H15NO6S2. The monoisotopic (exact) mass is 333 g/mol. The summed E-state index contributed by atoms with van der Waals surface area (Å²) in [5.74, 6) is -1.20. The number of hydrogen-bond donors (Lipinski definition) is 1. The molecule has 0 spiro atoms. The first-order chi connectivity index (χ1) is 9.64. The number of benzene rings is 1. The molecule has 116 valence electrons. The second-order valence-electron chi connectivity index (χ2n) is 4.86. The van der Waals surface area contributed by atoms with Crippen molar-refractivity contribution in [3.05, 3.63) is 24.3 Å². The summed E-state index contributed by atoms with van der Waals surface area (Å²) in [6.45, 7) is 0.113. The van der Waals surface area contributed by atoms with Crippen molar-refractivity contribution in [3.63, 3.8) is 0 Å². The van der Waals surface area contributed by atoms with Crippen LogP contribution in [-0.2, 0) is 24.7 Å². The zero-order chi connectivity index (χ0) is 15.8. The van der Waals surface area contributed by atoms with Crippen LogP contribution in [0, 0.1) is 0 Å². The molecule has 0 aromatic heterocycles. The predicted molar refractivity (Wildman–Crippen MR) is 74.1 cm³/mol. The minimum absolute atomic E-state index is 0.113. The minimum atomic E-state index is -4.03. The van der Waals surface area contributed by atoms with Crippen LogP contribution in [0.3, 0.4) is 0 Å². The number of carboxylic acid groups (broad SMARTS) is 1. The Bertz CT molecular complexity index is 769. The first kappa shape index (κ1) is 15.9. The molecule has 1 aromatic carbocycles. The van der Waals surface area contributed by atoms with Gasteiger partial charge in [0.2, 0.25) is 10.0 Å². The maximum absolute atomic E-state index is 12.5. The molecule has 21 heavy (non-hydrogen) atoms. The van der Waals surface area contributed by atoms with Gasteiger partial charge < -0.3 is 5.11 Å². The number of hydrogen-bond acceptors (Lipinski definition) is 5. The Morgan fingerprint density at radius 3 is 2.43 bits per heavy atom. The van der Waals surface area contributed by atoms with Gasteiger partial charge in [0.1, 0.15) is 6.04 Å². The van der Waals surface area contributed by atoms with Crippen molar-refractivity contribution in [2.24, 2.45) is 0 Å². The van der Waals surface area contributed by atoms with Crippen LogP contribution in [0.4, 0.5) is 0 Å². The van der Waals surface area contributed by atoms with E-state index in [4.69, 9.17) is 5.11 Å². The molecule has 7 nitrogen and oxygen atoms in total. The van der Waals surface area contributed by atoms with E-state index in [1.165, 1.54) is 18.2 Å². The molecule has 1 fully saturated rings. The van der Waals surface area contributed by atoms with Gasteiger partial charge in [-0.1, -0.05) is 6.07 Å². The van der Waals surface area contributed by atoms with Gasteiger partial charge in [0, 0.05) is 12.8 Å². The lowest BCUT2D eigenvalue weighted by atomic mass is 10.2. The summed E-state index contributed by atoms with van der Waals surface area (Å²) in [5, 5.41) is 9.08. The van der Waals surface area contributed by atoms with Crippen LogP contribution < -0.4 is 0 Å². The SMILES string of the molecule is CS(=O)(=O)c1cccc(S(=O)(=O)N2CCC[C@H]2C(=O)O)c1. The lowest BCUT2D eigenvalue weighted by molar-refractivity contribution is -0.140. The van der Waals surface area contributed by atoms with Crippen molar-refractivity contribution < 1.29 is 26.7 Å². The summed E-state index contributed by atoms with van der Waals surface area (Å²) in [7, 11) is -7.57. The lowest BCUT2D eigenvalue weighted by Crippen LogP contribution is -2.40. The number of nitrogens with zero attached hydrogens (tertiary/aromatic N) is 1. The zero-order valence-electron chi connectivity index (χ0n) is 11.3. The molecule has 0 bridgehead atoms. The maximum Gasteiger partial charge on any atom is 0.322 e. The number of aliphatic carboxylic acids is 1. The Hall–Kier alpha value is -1.45. The third-order valence-electron chi connectivity index (χ3n) is 3.33. The second kappa shape index (κ2) is 5.39. The molecule has 0 aliphatic carbocycles. The molecule has 9 heteroatoms. The van der Waals surface area contributed by atoms with Crippen molar-refractivity contribution in [3.8, 4) is 0 Å². The van der Waals surface area contributed by atoms with E-state index in [0.717, 1.165) is 16.6 Å². The predicted octanol–water partition coefficient (Wildman–Crippen LogP) is 0.328. The Balaban J connectivity index is 2.48. The third-order valence-corrected chi connectivity index (χ3v) is 6.34.